The van der Waals surface area contributed by atoms with Gasteiger partial charge in [0.05, 0.1) is 19.1 Å². The number of nitrogens with one attached hydrogen (secondary N) is 2. The summed E-state index contributed by atoms with van der Waals surface area (Å²) < 4.78 is 11.0. The second-order valence-electron chi connectivity index (χ2n) is 9.71. The van der Waals surface area contributed by atoms with Crippen LogP contribution in [-0.4, -0.2) is 75.2 Å². The smallest absolute Gasteiger partial charge is 0.262 e. The highest BCUT2D eigenvalue weighted by molar-refractivity contribution is 6.00. The molecule has 0 radical (unpaired) electrons. The number of carbonyl (C=O) groups excluding carboxylic acids is 3. The molecule has 1 atom stereocenters. The van der Waals surface area contributed by atoms with Crippen molar-refractivity contribution in [3.8, 4) is 5.75 Å². The second-order valence-corrected chi connectivity index (χ2v) is 9.71. The fourth-order valence-electron chi connectivity index (χ4n) is 4.73. The van der Waals surface area contributed by atoms with Gasteiger partial charge in [0.2, 0.25) is 11.8 Å². The van der Waals surface area contributed by atoms with Gasteiger partial charge in [-0.1, -0.05) is 6.07 Å². The molecule has 0 aliphatic carbocycles. The Morgan fingerprint density at radius 3 is 2.46 bits per heavy atom. The molecule has 9 nitrogen and oxygen atoms in total. The molecule has 4 rings (SSSR count). The molecule has 2 aliphatic heterocycles. The molecule has 2 aliphatic rings. The van der Waals surface area contributed by atoms with Gasteiger partial charge in [-0.05, 0) is 74.3 Å². The van der Waals surface area contributed by atoms with E-state index in [2.05, 4.69) is 15.5 Å². The van der Waals surface area contributed by atoms with Crippen LogP contribution in [0.15, 0.2) is 42.5 Å². The van der Waals surface area contributed by atoms with Crippen molar-refractivity contribution >= 4 is 29.1 Å². The van der Waals surface area contributed by atoms with Crippen LogP contribution >= 0.6 is 0 Å². The van der Waals surface area contributed by atoms with Gasteiger partial charge in [0, 0.05) is 44.0 Å². The van der Waals surface area contributed by atoms with Crippen molar-refractivity contribution in [2.75, 3.05) is 62.8 Å². The van der Waals surface area contributed by atoms with E-state index in [1.54, 1.807) is 29.2 Å². The Labute approximate surface area is 218 Å². The molecular formula is C28H36N4O5. The van der Waals surface area contributed by atoms with Crippen molar-refractivity contribution in [3.05, 3.63) is 53.6 Å². The van der Waals surface area contributed by atoms with Gasteiger partial charge in [-0.25, -0.2) is 0 Å². The largest absolute Gasteiger partial charge is 0.484 e. The number of benzene rings is 2. The molecule has 2 saturated heterocycles. The molecule has 9 heteroatoms. The first kappa shape index (κ1) is 26.6. The van der Waals surface area contributed by atoms with Crippen LogP contribution in [0.4, 0.5) is 11.4 Å². The zero-order valence-electron chi connectivity index (χ0n) is 21.6. The number of carbonyl (C=O) groups is 3. The highest BCUT2D eigenvalue weighted by Crippen LogP contribution is 2.27. The molecule has 0 aromatic heterocycles. The molecule has 0 spiro atoms. The number of aryl methyl sites for hydroxylation is 2. The van der Waals surface area contributed by atoms with E-state index in [0.717, 1.165) is 56.1 Å². The summed E-state index contributed by atoms with van der Waals surface area (Å²) in [5, 5.41) is 5.83. The quantitative estimate of drug-likeness (QED) is 0.479. The Kier molecular flexibility index (Phi) is 9.14. The minimum atomic E-state index is -0.360. The molecule has 0 bridgehead atoms. The summed E-state index contributed by atoms with van der Waals surface area (Å²) in [6.07, 6.45) is 1.08. The first-order valence-electron chi connectivity index (χ1n) is 12.9. The van der Waals surface area contributed by atoms with Crippen LogP contribution in [0, 0.1) is 19.8 Å². The lowest BCUT2D eigenvalue weighted by Crippen LogP contribution is -2.39. The number of hydrogen-bond donors (Lipinski definition) is 2. The molecule has 2 N–H and O–H groups in total. The molecule has 37 heavy (non-hydrogen) atoms. The Hall–Kier alpha value is -3.43. The van der Waals surface area contributed by atoms with Gasteiger partial charge in [0.15, 0.2) is 6.61 Å². The Morgan fingerprint density at radius 1 is 1.05 bits per heavy atom. The topological polar surface area (TPSA) is 100 Å². The summed E-state index contributed by atoms with van der Waals surface area (Å²) in [6.45, 7) is 9.13. The maximum Gasteiger partial charge on any atom is 0.262 e. The zero-order valence-corrected chi connectivity index (χ0v) is 21.6. The molecule has 2 aromatic carbocycles. The van der Waals surface area contributed by atoms with Crippen LogP contribution in [0.25, 0.3) is 0 Å². The number of ether oxygens (including phenoxy) is 2. The monoisotopic (exact) mass is 508 g/mol. The predicted octanol–water partition coefficient (Wildman–Crippen LogP) is 2.51. The summed E-state index contributed by atoms with van der Waals surface area (Å²) >= 11 is 0. The number of rotatable bonds is 10. The van der Waals surface area contributed by atoms with Crippen molar-refractivity contribution < 1.29 is 23.9 Å². The third kappa shape index (κ3) is 7.77. The van der Waals surface area contributed by atoms with Gasteiger partial charge in [0.1, 0.15) is 5.75 Å². The summed E-state index contributed by atoms with van der Waals surface area (Å²) in [6, 6.07) is 12.9. The van der Waals surface area contributed by atoms with Crippen LogP contribution in [0.5, 0.6) is 5.75 Å². The highest BCUT2D eigenvalue weighted by Gasteiger charge is 2.35. The lowest BCUT2D eigenvalue weighted by Gasteiger charge is -2.26. The van der Waals surface area contributed by atoms with E-state index in [1.807, 2.05) is 32.0 Å². The molecule has 198 valence electrons. The summed E-state index contributed by atoms with van der Waals surface area (Å²) in [5.41, 5.74) is 3.60. The van der Waals surface area contributed by atoms with Crippen LogP contribution in [0.1, 0.15) is 24.0 Å². The molecule has 0 saturated carbocycles. The van der Waals surface area contributed by atoms with E-state index >= 15 is 0 Å². The molecule has 2 fully saturated rings. The number of morpholine rings is 1. The minimum absolute atomic E-state index is 0.0741. The first-order valence-corrected chi connectivity index (χ1v) is 12.9. The van der Waals surface area contributed by atoms with E-state index in [-0.39, 0.29) is 36.7 Å². The van der Waals surface area contributed by atoms with Gasteiger partial charge in [-0.2, -0.15) is 0 Å². The average Bonchev–Trinajstić information content (AvgIpc) is 3.27. The van der Waals surface area contributed by atoms with Crippen molar-refractivity contribution in [1.82, 2.24) is 10.2 Å². The number of amides is 3. The van der Waals surface area contributed by atoms with Gasteiger partial charge < -0.3 is 25.0 Å². The Bertz CT molecular complexity index is 1080. The number of nitrogens with zero attached hydrogens (tertiary/aromatic N) is 2. The fourth-order valence-corrected chi connectivity index (χ4v) is 4.73. The lowest BCUT2D eigenvalue weighted by atomic mass is 10.1. The van der Waals surface area contributed by atoms with Gasteiger partial charge in [0.25, 0.3) is 5.91 Å². The lowest BCUT2D eigenvalue weighted by molar-refractivity contribution is -0.126. The maximum atomic E-state index is 12.6. The fraction of sp³-hybridized carbons (Fsp3) is 0.464. The Balaban J connectivity index is 1.20. The van der Waals surface area contributed by atoms with Crippen molar-refractivity contribution in [1.29, 1.82) is 0 Å². The zero-order chi connectivity index (χ0) is 26.2. The SMILES string of the molecule is Cc1cc(C)cc(NC(=O)COc2ccc(N3C[C@@H](C(=O)NCCCN4CCOCC4)CC3=O)cc2)c1. The third-order valence-corrected chi connectivity index (χ3v) is 6.57. The summed E-state index contributed by atoms with van der Waals surface area (Å²) in [5.74, 6) is -0.230. The molecule has 0 unspecified atom stereocenters. The number of hydrogen-bond acceptors (Lipinski definition) is 6. The molecular weight excluding hydrogens is 472 g/mol. The average molecular weight is 509 g/mol. The van der Waals surface area contributed by atoms with E-state index in [1.165, 1.54) is 0 Å². The van der Waals surface area contributed by atoms with Crippen molar-refractivity contribution in [2.45, 2.75) is 26.7 Å². The van der Waals surface area contributed by atoms with E-state index in [0.29, 0.717) is 24.5 Å². The molecule has 2 heterocycles. The first-order chi connectivity index (χ1) is 17.9. The molecule has 2 aromatic rings. The normalized spacial score (nSPS) is 18.1. The van der Waals surface area contributed by atoms with Crippen LogP contribution in [0.3, 0.4) is 0 Å². The molecule has 3 amide bonds. The second kappa shape index (κ2) is 12.7. The van der Waals surface area contributed by atoms with Crippen molar-refractivity contribution in [3.63, 3.8) is 0 Å². The van der Waals surface area contributed by atoms with Crippen molar-refractivity contribution in [2.24, 2.45) is 5.92 Å². The Morgan fingerprint density at radius 2 is 1.76 bits per heavy atom. The van der Waals surface area contributed by atoms with Gasteiger partial charge >= 0.3 is 0 Å². The highest BCUT2D eigenvalue weighted by atomic mass is 16.5. The number of anilines is 2. The van der Waals surface area contributed by atoms with Crippen LogP contribution < -0.4 is 20.3 Å². The minimum Gasteiger partial charge on any atom is -0.484 e. The van der Waals surface area contributed by atoms with E-state index in [4.69, 9.17) is 9.47 Å². The van der Waals surface area contributed by atoms with Crippen LogP contribution in [0.2, 0.25) is 0 Å². The standard InChI is InChI=1S/C28H36N4O5/c1-20-14-21(2)16-23(15-20)30-26(33)19-37-25-6-4-24(5-7-25)32-18-22(17-27(32)34)28(35)29-8-3-9-31-10-12-36-13-11-31/h4-7,14-16,22H,3,8-13,17-19H2,1-2H3,(H,29,35)(H,30,33)/t22-/m0/s1. The maximum absolute atomic E-state index is 12.6. The predicted molar refractivity (Wildman–Crippen MR) is 142 cm³/mol. The van der Waals surface area contributed by atoms with E-state index in [9.17, 15) is 14.4 Å². The van der Waals surface area contributed by atoms with Gasteiger partial charge in [-0.15, -0.1) is 0 Å². The van der Waals surface area contributed by atoms with E-state index < -0.39 is 0 Å². The van der Waals surface area contributed by atoms with Gasteiger partial charge in [-0.3, -0.25) is 19.3 Å². The van der Waals surface area contributed by atoms with Crippen LogP contribution in [-0.2, 0) is 19.1 Å². The summed E-state index contributed by atoms with van der Waals surface area (Å²) in [7, 11) is 0. The summed E-state index contributed by atoms with van der Waals surface area (Å²) in [4.78, 5) is 41.4. The third-order valence-electron chi connectivity index (χ3n) is 6.57.